The van der Waals surface area contributed by atoms with Crippen LogP contribution in [0.15, 0.2) is 67.1 Å². The number of methoxy groups -OCH3 is 1. The number of rotatable bonds is 5. The molecular formula is C21H21NO3. The highest BCUT2D eigenvalue weighted by molar-refractivity contribution is 5.39. The number of fused-ring (bicyclic) bond motifs is 1. The Labute approximate surface area is 147 Å². The summed E-state index contributed by atoms with van der Waals surface area (Å²) in [5, 5.41) is 0. The topological polar surface area (TPSA) is 30.9 Å². The molecule has 0 fully saturated rings. The Bertz CT molecular complexity index is 783. The third kappa shape index (κ3) is 3.54. The van der Waals surface area contributed by atoms with E-state index in [-0.39, 0.29) is 0 Å². The van der Waals surface area contributed by atoms with Crippen molar-refractivity contribution >= 4 is 0 Å². The van der Waals surface area contributed by atoms with Crippen LogP contribution in [-0.2, 0) is 24.4 Å². The molecule has 2 aromatic carbocycles. The normalized spacial score (nSPS) is 16.5. The van der Waals surface area contributed by atoms with Gasteiger partial charge in [-0.15, -0.1) is 0 Å². The SMILES string of the molecule is COc1ccc(COc2ccc3c(c2)CN(C2C=COC=C2)C3)cc1. The second-order valence-electron chi connectivity index (χ2n) is 6.26. The quantitative estimate of drug-likeness (QED) is 0.826. The number of ether oxygens (including phenoxy) is 3. The molecule has 4 heteroatoms. The monoisotopic (exact) mass is 335 g/mol. The Balaban J connectivity index is 1.39. The van der Waals surface area contributed by atoms with Gasteiger partial charge in [-0.05, 0) is 53.1 Å². The van der Waals surface area contributed by atoms with Gasteiger partial charge in [0.15, 0.2) is 0 Å². The number of benzene rings is 2. The zero-order chi connectivity index (χ0) is 17.1. The first-order chi connectivity index (χ1) is 12.3. The fourth-order valence-electron chi connectivity index (χ4n) is 3.19. The van der Waals surface area contributed by atoms with Gasteiger partial charge in [-0.25, -0.2) is 0 Å². The lowest BCUT2D eigenvalue weighted by Gasteiger charge is -2.22. The predicted molar refractivity (Wildman–Crippen MR) is 96.2 cm³/mol. The highest BCUT2D eigenvalue weighted by Gasteiger charge is 2.24. The second kappa shape index (κ2) is 7.03. The molecule has 2 aliphatic heterocycles. The Morgan fingerprint density at radius 3 is 2.44 bits per heavy atom. The summed E-state index contributed by atoms with van der Waals surface area (Å²) in [4.78, 5) is 2.41. The average molecular weight is 335 g/mol. The molecule has 25 heavy (non-hydrogen) atoms. The van der Waals surface area contributed by atoms with Crippen LogP contribution < -0.4 is 9.47 Å². The van der Waals surface area contributed by atoms with Crippen molar-refractivity contribution in [3.05, 3.63) is 83.8 Å². The molecule has 0 aliphatic carbocycles. The third-order valence-corrected chi connectivity index (χ3v) is 4.62. The molecule has 2 heterocycles. The van der Waals surface area contributed by atoms with Crippen LogP contribution in [0.3, 0.4) is 0 Å². The van der Waals surface area contributed by atoms with E-state index in [4.69, 9.17) is 14.2 Å². The van der Waals surface area contributed by atoms with E-state index in [1.807, 2.05) is 24.3 Å². The molecule has 2 aliphatic rings. The molecule has 0 aromatic heterocycles. The van der Waals surface area contributed by atoms with E-state index in [1.54, 1.807) is 19.6 Å². The molecular weight excluding hydrogens is 314 g/mol. The Morgan fingerprint density at radius 2 is 1.68 bits per heavy atom. The summed E-state index contributed by atoms with van der Waals surface area (Å²) in [5.41, 5.74) is 3.83. The largest absolute Gasteiger partial charge is 0.497 e. The van der Waals surface area contributed by atoms with Gasteiger partial charge >= 0.3 is 0 Å². The first kappa shape index (κ1) is 15.8. The summed E-state index contributed by atoms with van der Waals surface area (Å²) in [6.45, 7) is 2.43. The molecule has 0 unspecified atom stereocenters. The summed E-state index contributed by atoms with van der Waals surface area (Å²) in [6.07, 6.45) is 7.65. The number of hydrogen-bond acceptors (Lipinski definition) is 4. The van der Waals surface area contributed by atoms with Gasteiger partial charge in [0.2, 0.25) is 0 Å². The van der Waals surface area contributed by atoms with E-state index in [1.165, 1.54) is 11.1 Å². The van der Waals surface area contributed by atoms with Crippen LogP contribution in [-0.4, -0.2) is 18.1 Å². The first-order valence-electron chi connectivity index (χ1n) is 8.42. The van der Waals surface area contributed by atoms with Crippen LogP contribution in [0.1, 0.15) is 16.7 Å². The molecule has 0 radical (unpaired) electrons. The summed E-state index contributed by atoms with van der Waals surface area (Å²) in [7, 11) is 1.67. The summed E-state index contributed by atoms with van der Waals surface area (Å²) in [6, 6.07) is 14.6. The van der Waals surface area contributed by atoms with Gasteiger partial charge in [0.25, 0.3) is 0 Å². The van der Waals surface area contributed by atoms with Crippen molar-refractivity contribution in [2.45, 2.75) is 25.7 Å². The van der Waals surface area contributed by atoms with Crippen molar-refractivity contribution in [3.8, 4) is 11.5 Å². The van der Waals surface area contributed by atoms with Crippen LogP contribution in [0.25, 0.3) is 0 Å². The van der Waals surface area contributed by atoms with E-state index in [0.29, 0.717) is 12.6 Å². The van der Waals surface area contributed by atoms with Crippen molar-refractivity contribution in [2.75, 3.05) is 7.11 Å². The van der Waals surface area contributed by atoms with Gasteiger partial charge in [0, 0.05) is 13.1 Å². The van der Waals surface area contributed by atoms with Gasteiger partial charge in [0.1, 0.15) is 18.1 Å². The lowest BCUT2D eigenvalue weighted by molar-refractivity contribution is 0.252. The van der Waals surface area contributed by atoms with Gasteiger partial charge in [0.05, 0.1) is 25.7 Å². The fourth-order valence-corrected chi connectivity index (χ4v) is 3.19. The molecule has 4 nitrogen and oxygen atoms in total. The number of hydrogen-bond donors (Lipinski definition) is 0. The Kier molecular flexibility index (Phi) is 4.44. The summed E-state index contributed by atoms with van der Waals surface area (Å²) in [5.74, 6) is 1.77. The number of nitrogens with zero attached hydrogens (tertiary/aromatic N) is 1. The summed E-state index contributed by atoms with van der Waals surface area (Å²) < 4.78 is 16.3. The molecule has 4 rings (SSSR count). The minimum Gasteiger partial charge on any atom is -0.497 e. The van der Waals surface area contributed by atoms with Gasteiger partial charge < -0.3 is 14.2 Å². The minimum absolute atomic E-state index is 0.296. The maximum absolute atomic E-state index is 5.96. The third-order valence-electron chi connectivity index (χ3n) is 4.62. The zero-order valence-electron chi connectivity index (χ0n) is 14.2. The minimum atomic E-state index is 0.296. The van der Waals surface area contributed by atoms with Crippen molar-refractivity contribution in [1.29, 1.82) is 0 Å². The Morgan fingerprint density at radius 1 is 0.960 bits per heavy atom. The standard InChI is InChI=1S/C21H21NO3/c1-23-20-5-2-16(3-6-20)15-25-21-7-4-17-13-22(14-18(17)12-21)19-8-10-24-11-9-19/h2-12,19H,13-15H2,1H3. The molecule has 0 spiro atoms. The lowest BCUT2D eigenvalue weighted by atomic mass is 10.1. The molecule has 2 aromatic rings. The first-order valence-corrected chi connectivity index (χ1v) is 8.42. The predicted octanol–water partition coefficient (Wildman–Crippen LogP) is 4.02. The van der Waals surface area contributed by atoms with Gasteiger partial charge in [-0.2, -0.15) is 0 Å². The average Bonchev–Trinajstić information content (AvgIpc) is 3.11. The van der Waals surface area contributed by atoms with E-state index in [2.05, 4.69) is 35.3 Å². The molecule has 0 amide bonds. The fraction of sp³-hybridized carbons (Fsp3) is 0.238. The van der Waals surface area contributed by atoms with E-state index >= 15 is 0 Å². The van der Waals surface area contributed by atoms with E-state index < -0.39 is 0 Å². The maximum atomic E-state index is 5.96. The van der Waals surface area contributed by atoms with E-state index in [9.17, 15) is 0 Å². The van der Waals surface area contributed by atoms with Crippen LogP contribution >= 0.6 is 0 Å². The van der Waals surface area contributed by atoms with Crippen LogP contribution in [0.2, 0.25) is 0 Å². The van der Waals surface area contributed by atoms with Gasteiger partial charge in [-0.3, -0.25) is 4.90 Å². The maximum Gasteiger partial charge on any atom is 0.120 e. The van der Waals surface area contributed by atoms with Crippen molar-refractivity contribution < 1.29 is 14.2 Å². The second-order valence-corrected chi connectivity index (χ2v) is 6.26. The van der Waals surface area contributed by atoms with E-state index in [0.717, 1.165) is 30.2 Å². The lowest BCUT2D eigenvalue weighted by Crippen LogP contribution is -2.27. The zero-order valence-corrected chi connectivity index (χ0v) is 14.2. The molecule has 0 saturated heterocycles. The summed E-state index contributed by atoms with van der Waals surface area (Å²) >= 11 is 0. The molecule has 0 saturated carbocycles. The Hall–Kier alpha value is -2.72. The van der Waals surface area contributed by atoms with Crippen molar-refractivity contribution in [2.24, 2.45) is 0 Å². The van der Waals surface area contributed by atoms with Crippen LogP contribution in [0.5, 0.6) is 11.5 Å². The highest BCUT2D eigenvalue weighted by atomic mass is 16.5. The molecule has 0 bridgehead atoms. The van der Waals surface area contributed by atoms with Crippen LogP contribution in [0, 0.1) is 0 Å². The smallest absolute Gasteiger partial charge is 0.120 e. The van der Waals surface area contributed by atoms with Crippen molar-refractivity contribution in [1.82, 2.24) is 4.90 Å². The molecule has 0 atom stereocenters. The van der Waals surface area contributed by atoms with Gasteiger partial charge in [-0.1, -0.05) is 18.2 Å². The highest BCUT2D eigenvalue weighted by Crippen LogP contribution is 2.29. The van der Waals surface area contributed by atoms with Crippen LogP contribution in [0.4, 0.5) is 0 Å². The molecule has 128 valence electrons. The van der Waals surface area contributed by atoms with Crippen molar-refractivity contribution in [3.63, 3.8) is 0 Å². The molecule has 0 N–H and O–H groups in total.